The number of nitrogens with one attached hydrogen (secondary N) is 1. The third kappa shape index (κ3) is 4.09. The van der Waals surface area contributed by atoms with Crippen LogP contribution in [0.25, 0.3) is 0 Å². The van der Waals surface area contributed by atoms with Crippen LogP contribution >= 0.6 is 12.4 Å². The molecule has 0 saturated heterocycles. The molecule has 0 unspecified atom stereocenters. The summed E-state index contributed by atoms with van der Waals surface area (Å²) >= 11 is 0. The van der Waals surface area contributed by atoms with E-state index in [0.717, 1.165) is 6.54 Å². The van der Waals surface area contributed by atoms with Crippen molar-refractivity contribution >= 4 is 29.9 Å². The van der Waals surface area contributed by atoms with Gasteiger partial charge in [0.2, 0.25) is 5.91 Å². The fourth-order valence-electron chi connectivity index (χ4n) is 1.99. The molecule has 1 aliphatic heterocycles. The molecule has 0 bridgehead atoms. The van der Waals surface area contributed by atoms with Crippen molar-refractivity contribution in [3.05, 3.63) is 24.3 Å². The van der Waals surface area contributed by atoms with Gasteiger partial charge in [-0.3, -0.25) is 14.5 Å². The van der Waals surface area contributed by atoms with E-state index in [0.29, 0.717) is 18.0 Å². The van der Waals surface area contributed by atoms with Gasteiger partial charge in [0.1, 0.15) is 12.3 Å². The Morgan fingerprint density at radius 3 is 2.86 bits per heavy atom. The number of hydrogen-bond acceptors (Lipinski definition) is 4. The number of rotatable bonds is 5. The summed E-state index contributed by atoms with van der Waals surface area (Å²) in [6.45, 7) is 1.34. The van der Waals surface area contributed by atoms with E-state index in [4.69, 9.17) is 4.74 Å². The molecule has 2 amide bonds. The lowest BCUT2D eigenvalue weighted by atomic mass is 10.2. The Bertz CT molecular complexity index is 510. The molecule has 0 atom stereocenters. The molecule has 1 aliphatic rings. The van der Waals surface area contributed by atoms with Crippen molar-refractivity contribution in [2.45, 2.75) is 0 Å². The van der Waals surface area contributed by atoms with Crippen molar-refractivity contribution in [3.8, 4) is 5.75 Å². The number of ether oxygens (including phenoxy) is 1. The second-order valence-electron chi connectivity index (χ2n) is 4.66. The fraction of sp³-hybridized carbons (Fsp3) is 0.429. The van der Waals surface area contributed by atoms with Gasteiger partial charge in [-0.2, -0.15) is 0 Å². The molecule has 1 aromatic rings. The van der Waals surface area contributed by atoms with Gasteiger partial charge in [-0.1, -0.05) is 12.1 Å². The Hall–Kier alpha value is -1.79. The number of hydrogen-bond donors (Lipinski definition) is 1. The Morgan fingerprint density at radius 2 is 2.14 bits per heavy atom. The van der Waals surface area contributed by atoms with Gasteiger partial charge in [0.05, 0.1) is 5.69 Å². The van der Waals surface area contributed by atoms with Crippen molar-refractivity contribution in [2.75, 3.05) is 45.2 Å². The summed E-state index contributed by atoms with van der Waals surface area (Å²) in [5.41, 5.74) is 0.652. The molecule has 0 saturated carbocycles. The first-order chi connectivity index (χ1) is 9.63. The van der Waals surface area contributed by atoms with E-state index in [-0.39, 0.29) is 37.4 Å². The lowest BCUT2D eigenvalue weighted by molar-refractivity contribution is -0.130. The summed E-state index contributed by atoms with van der Waals surface area (Å²) in [7, 11) is 3.57. The molecule has 0 aliphatic carbocycles. The quantitative estimate of drug-likeness (QED) is 0.860. The zero-order chi connectivity index (χ0) is 14.5. The molecule has 2 rings (SSSR count). The minimum absolute atomic E-state index is 0. The molecule has 0 fully saturated rings. The number of amides is 2. The second-order valence-corrected chi connectivity index (χ2v) is 4.66. The lowest BCUT2D eigenvalue weighted by Gasteiger charge is -2.30. The topological polar surface area (TPSA) is 61.9 Å². The Labute approximate surface area is 130 Å². The van der Waals surface area contributed by atoms with Crippen molar-refractivity contribution in [2.24, 2.45) is 0 Å². The van der Waals surface area contributed by atoms with Gasteiger partial charge in [0, 0.05) is 20.1 Å². The number of anilines is 1. The molecule has 21 heavy (non-hydrogen) atoms. The molecule has 1 N–H and O–H groups in total. The maximum Gasteiger partial charge on any atom is 0.265 e. The van der Waals surface area contributed by atoms with E-state index in [1.807, 2.05) is 19.2 Å². The van der Waals surface area contributed by atoms with Crippen LogP contribution in [0.3, 0.4) is 0 Å². The standard InChI is InChI=1S/C14H19N3O3.ClH/c1-15-7-8-16(2)13(18)9-17-11-5-3-4-6-12(11)20-10-14(17)19;/h3-6,15H,7-10H2,1-2H3;1H. The lowest BCUT2D eigenvalue weighted by Crippen LogP contribution is -2.46. The van der Waals surface area contributed by atoms with Crippen LogP contribution in [0.15, 0.2) is 24.3 Å². The van der Waals surface area contributed by atoms with Crippen LogP contribution in [-0.4, -0.2) is 57.1 Å². The highest BCUT2D eigenvalue weighted by Crippen LogP contribution is 2.31. The minimum atomic E-state index is -0.195. The molecular weight excluding hydrogens is 294 g/mol. The van der Waals surface area contributed by atoms with Gasteiger partial charge in [-0.05, 0) is 19.2 Å². The first-order valence-electron chi connectivity index (χ1n) is 6.54. The van der Waals surface area contributed by atoms with Gasteiger partial charge >= 0.3 is 0 Å². The van der Waals surface area contributed by atoms with Gasteiger partial charge in [-0.25, -0.2) is 0 Å². The molecule has 0 radical (unpaired) electrons. The summed E-state index contributed by atoms with van der Waals surface area (Å²) in [4.78, 5) is 27.2. The summed E-state index contributed by atoms with van der Waals surface area (Å²) in [6, 6.07) is 7.24. The van der Waals surface area contributed by atoms with Crippen molar-refractivity contribution in [1.82, 2.24) is 10.2 Å². The SMILES string of the molecule is CNCCN(C)C(=O)CN1C(=O)COc2ccccc21.Cl. The van der Waals surface area contributed by atoms with E-state index >= 15 is 0 Å². The van der Waals surface area contributed by atoms with Gasteiger partial charge < -0.3 is 15.0 Å². The van der Waals surface area contributed by atoms with Crippen LogP contribution in [0.1, 0.15) is 0 Å². The third-order valence-electron chi connectivity index (χ3n) is 3.22. The zero-order valence-electron chi connectivity index (χ0n) is 12.2. The predicted molar refractivity (Wildman–Crippen MR) is 83.1 cm³/mol. The largest absolute Gasteiger partial charge is 0.482 e. The van der Waals surface area contributed by atoms with Gasteiger partial charge in [-0.15, -0.1) is 12.4 Å². The number of likely N-dealkylation sites (N-methyl/N-ethyl adjacent to an activating group) is 2. The van der Waals surface area contributed by atoms with Gasteiger partial charge in [0.15, 0.2) is 6.61 Å². The molecule has 6 nitrogen and oxygen atoms in total. The molecule has 7 heteroatoms. The Balaban J connectivity index is 0.00000220. The first kappa shape index (κ1) is 17.3. The monoisotopic (exact) mass is 313 g/mol. The molecule has 1 heterocycles. The van der Waals surface area contributed by atoms with Crippen LogP contribution < -0.4 is 15.0 Å². The van der Waals surface area contributed by atoms with E-state index < -0.39 is 0 Å². The summed E-state index contributed by atoms with van der Waals surface area (Å²) < 4.78 is 5.35. The van der Waals surface area contributed by atoms with Crippen LogP contribution in [0.5, 0.6) is 5.75 Å². The van der Waals surface area contributed by atoms with E-state index in [1.165, 1.54) is 4.90 Å². The molecule has 116 valence electrons. The number of benzene rings is 1. The van der Waals surface area contributed by atoms with E-state index in [2.05, 4.69) is 5.32 Å². The summed E-state index contributed by atoms with van der Waals surface area (Å²) in [5.74, 6) is 0.349. The van der Waals surface area contributed by atoms with Crippen molar-refractivity contribution in [1.29, 1.82) is 0 Å². The normalized spacial score (nSPS) is 13.0. The number of carbonyl (C=O) groups excluding carboxylic acids is 2. The van der Waals surface area contributed by atoms with Crippen LogP contribution in [-0.2, 0) is 9.59 Å². The maximum absolute atomic E-state index is 12.1. The van der Waals surface area contributed by atoms with Crippen LogP contribution in [0, 0.1) is 0 Å². The molecule has 0 aromatic heterocycles. The molecular formula is C14H20ClN3O3. The minimum Gasteiger partial charge on any atom is -0.482 e. The summed E-state index contributed by atoms with van der Waals surface area (Å²) in [6.07, 6.45) is 0. The molecule has 0 spiro atoms. The fourth-order valence-corrected chi connectivity index (χ4v) is 1.99. The highest BCUT2D eigenvalue weighted by Gasteiger charge is 2.27. The Kier molecular flexibility index (Phi) is 6.45. The summed E-state index contributed by atoms with van der Waals surface area (Å²) in [5, 5.41) is 2.99. The third-order valence-corrected chi connectivity index (χ3v) is 3.22. The average molecular weight is 314 g/mol. The first-order valence-corrected chi connectivity index (χ1v) is 6.54. The highest BCUT2D eigenvalue weighted by molar-refractivity contribution is 6.02. The van der Waals surface area contributed by atoms with E-state index in [9.17, 15) is 9.59 Å². The average Bonchev–Trinajstić information content (AvgIpc) is 2.47. The number of nitrogens with zero attached hydrogens (tertiary/aromatic N) is 2. The smallest absolute Gasteiger partial charge is 0.265 e. The van der Waals surface area contributed by atoms with Crippen LogP contribution in [0.2, 0.25) is 0 Å². The van der Waals surface area contributed by atoms with Crippen LogP contribution in [0.4, 0.5) is 5.69 Å². The Morgan fingerprint density at radius 1 is 1.43 bits per heavy atom. The number of fused-ring (bicyclic) bond motifs is 1. The highest BCUT2D eigenvalue weighted by atomic mass is 35.5. The number of halogens is 1. The van der Waals surface area contributed by atoms with Crippen molar-refractivity contribution < 1.29 is 14.3 Å². The van der Waals surface area contributed by atoms with Gasteiger partial charge in [0.25, 0.3) is 5.91 Å². The number of para-hydroxylation sites is 2. The molecule has 1 aromatic carbocycles. The number of carbonyl (C=O) groups is 2. The second kappa shape index (κ2) is 7.85. The maximum atomic E-state index is 12.1. The predicted octanol–water partition coefficient (Wildman–Crippen LogP) is 0.512. The van der Waals surface area contributed by atoms with E-state index in [1.54, 1.807) is 24.1 Å². The van der Waals surface area contributed by atoms with Crippen molar-refractivity contribution in [3.63, 3.8) is 0 Å². The zero-order valence-corrected chi connectivity index (χ0v) is 13.0.